The predicted molar refractivity (Wildman–Crippen MR) is 101 cm³/mol. The number of rotatable bonds is 6. The summed E-state index contributed by atoms with van der Waals surface area (Å²) in [7, 11) is 0. The van der Waals surface area contributed by atoms with Crippen molar-refractivity contribution in [2.45, 2.75) is 46.0 Å². The van der Waals surface area contributed by atoms with E-state index in [1.807, 2.05) is 12.1 Å². The lowest BCUT2D eigenvalue weighted by atomic mass is 9.90. The van der Waals surface area contributed by atoms with Crippen LogP contribution in [0.25, 0.3) is 0 Å². The van der Waals surface area contributed by atoms with Crippen molar-refractivity contribution in [2.75, 3.05) is 11.9 Å². The third kappa shape index (κ3) is 5.20. The lowest BCUT2D eigenvalue weighted by molar-refractivity contribution is -0.138. The normalized spacial score (nSPS) is 14.7. The SMILES string of the molecule is CC(C)(C(=O)NCCC1=CCCCC1)C(=O)Nc1cccc(Br)c1. The first-order valence-corrected chi connectivity index (χ1v) is 9.22. The number of carbonyl (C=O) groups excluding carboxylic acids is 2. The highest BCUT2D eigenvalue weighted by Gasteiger charge is 2.35. The summed E-state index contributed by atoms with van der Waals surface area (Å²) < 4.78 is 0.878. The van der Waals surface area contributed by atoms with E-state index in [9.17, 15) is 9.59 Å². The highest BCUT2D eigenvalue weighted by Crippen LogP contribution is 2.22. The van der Waals surface area contributed by atoms with E-state index in [1.54, 1.807) is 26.0 Å². The van der Waals surface area contributed by atoms with E-state index in [1.165, 1.54) is 18.4 Å². The van der Waals surface area contributed by atoms with Gasteiger partial charge in [0.1, 0.15) is 5.41 Å². The second-order valence-electron chi connectivity index (χ2n) is 6.70. The maximum absolute atomic E-state index is 12.5. The van der Waals surface area contributed by atoms with Crippen LogP contribution >= 0.6 is 15.9 Å². The number of hydrogen-bond donors (Lipinski definition) is 2. The third-order valence-electron chi connectivity index (χ3n) is 4.33. The molecule has 2 rings (SSSR count). The molecule has 1 aliphatic carbocycles. The molecule has 0 saturated heterocycles. The first-order chi connectivity index (χ1) is 11.4. The van der Waals surface area contributed by atoms with Crippen LogP contribution in [-0.4, -0.2) is 18.4 Å². The Kier molecular flexibility index (Phi) is 6.60. The Morgan fingerprint density at radius 1 is 1.21 bits per heavy atom. The largest absolute Gasteiger partial charge is 0.355 e. The average molecular weight is 393 g/mol. The summed E-state index contributed by atoms with van der Waals surface area (Å²) in [5.41, 5.74) is 0.962. The fourth-order valence-corrected chi connectivity index (χ4v) is 3.05. The second-order valence-corrected chi connectivity index (χ2v) is 7.62. The lowest BCUT2D eigenvalue weighted by Gasteiger charge is -2.23. The van der Waals surface area contributed by atoms with E-state index >= 15 is 0 Å². The molecule has 0 atom stereocenters. The topological polar surface area (TPSA) is 58.2 Å². The zero-order chi connectivity index (χ0) is 17.6. The van der Waals surface area contributed by atoms with Crippen LogP contribution in [0.3, 0.4) is 0 Å². The van der Waals surface area contributed by atoms with Gasteiger partial charge in [-0.3, -0.25) is 9.59 Å². The highest BCUT2D eigenvalue weighted by molar-refractivity contribution is 9.10. The molecule has 0 radical (unpaired) electrons. The summed E-state index contributed by atoms with van der Waals surface area (Å²) in [4.78, 5) is 24.9. The summed E-state index contributed by atoms with van der Waals surface area (Å²) in [6.07, 6.45) is 7.92. The van der Waals surface area contributed by atoms with E-state index in [4.69, 9.17) is 0 Å². The number of amides is 2. The van der Waals surface area contributed by atoms with Gasteiger partial charge in [-0.2, -0.15) is 0 Å². The zero-order valence-electron chi connectivity index (χ0n) is 14.3. The monoisotopic (exact) mass is 392 g/mol. The molecule has 0 spiro atoms. The maximum Gasteiger partial charge on any atom is 0.239 e. The minimum absolute atomic E-state index is 0.244. The van der Waals surface area contributed by atoms with Gasteiger partial charge in [-0.1, -0.05) is 33.6 Å². The van der Waals surface area contributed by atoms with Crippen LogP contribution in [0.2, 0.25) is 0 Å². The Morgan fingerprint density at radius 3 is 2.67 bits per heavy atom. The van der Waals surface area contributed by atoms with Crippen LogP contribution < -0.4 is 10.6 Å². The standard InChI is InChI=1S/C19H25BrN2O2/c1-19(2,18(24)22-16-10-6-9-15(20)13-16)17(23)21-12-11-14-7-4-3-5-8-14/h6-7,9-10,13H,3-5,8,11-12H2,1-2H3,(H,21,23)(H,22,24). The molecule has 0 aliphatic heterocycles. The van der Waals surface area contributed by atoms with Gasteiger partial charge in [0, 0.05) is 16.7 Å². The Hall–Kier alpha value is -1.62. The summed E-state index contributed by atoms with van der Waals surface area (Å²) >= 11 is 3.37. The van der Waals surface area contributed by atoms with Gasteiger partial charge < -0.3 is 10.6 Å². The Labute approximate surface area is 152 Å². The first-order valence-electron chi connectivity index (χ1n) is 8.43. The van der Waals surface area contributed by atoms with Crippen molar-refractivity contribution in [3.05, 3.63) is 40.4 Å². The van der Waals surface area contributed by atoms with Crippen LogP contribution in [0.15, 0.2) is 40.4 Å². The fraction of sp³-hybridized carbons (Fsp3) is 0.474. The number of benzene rings is 1. The summed E-state index contributed by atoms with van der Waals surface area (Å²) in [5, 5.41) is 5.70. The van der Waals surface area contributed by atoms with Gasteiger partial charge in [-0.05, 0) is 64.2 Å². The third-order valence-corrected chi connectivity index (χ3v) is 4.83. The summed E-state index contributed by atoms with van der Waals surface area (Å²) in [6.45, 7) is 3.88. The van der Waals surface area contributed by atoms with Gasteiger partial charge in [0.15, 0.2) is 0 Å². The number of halogens is 1. The van der Waals surface area contributed by atoms with Gasteiger partial charge in [0.25, 0.3) is 0 Å². The van der Waals surface area contributed by atoms with Crippen molar-refractivity contribution in [1.82, 2.24) is 5.32 Å². The predicted octanol–water partition coefficient (Wildman–Crippen LogP) is 4.42. The number of nitrogens with one attached hydrogen (secondary N) is 2. The van der Waals surface area contributed by atoms with Crippen molar-refractivity contribution in [3.63, 3.8) is 0 Å². The first kappa shape index (κ1) is 18.7. The molecular formula is C19H25BrN2O2. The van der Waals surface area contributed by atoms with Crippen LogP contribution in [0.5, 0.6) is 0 Å². The fourth-order valence-electron chi connectivity index (χ4n) is 2.65. The van der Waals surface area contributed by atoms with Gasteiger partial charge >= 0.3 is 0 Å². The molecule has 0 bridgehead atoms. The van der Waals surface area contributed by atoms with E-state index in [-0.39, 0.29) is 11.8 Å². The van der Waals surface area contributed by atoms with Crippen LogP contribution in [0.1, 0.15) is 46.0 Å². The lowest BCUT2D eigenvalue weighted by Crippen LogP contribution is -2.45. The molecule has 130 valence electrons. The minimum Gasteiger partial charge on any atom is -0.355 e. The molecule has 1 aromatic carbocycles. The number of carbonyl (C=O) groups is 2. The van der Waals surface area contributed by atoms with Crippen molar-refractivity contribution in [1.29, 1.82) is 0 Å². The van der Waals surface area contributed by atoms with Gasteiger partial charge in [0.2, 0.25) is 11.8 Å². The number of anilines is 1. The second kappa shape index (κ2) is 8.47. The Morgan fingerprint density at radius 2 is 2.00 bits per heavy atom. The van der Waals surface area contributed by atoms with Crippen LogP contribution in [-0.2, 0) is 9.59 Å². The molecule has 0 heterocycles. The smallest absolute Gasteiger partial charge is 0.239 e. The van der Waals surface area contributed by atoms with Crippen molar-refractivity contribution >= 4 is 33.4 Å². The molecule has 2 amide bonds. The van der Waals surface area contributed by atoms with Gasteiger partial charge in [0.05, 0.1) is 0 Å². The van der Waals surface area contributed by atoms with Crippen molar-refractivity contribution in [2.24, 2.45) is 5.41 Å². The molecule has 24 heavy (non-hydrogen) atoms. The van der Waals surface area contributed by atoms with E-state index < -0.39 is 5.41 Å². The molecule has 0 aromatic heterocycles. The van der Waals surface area contributed by atoms with Gasteiger partial charge in [-0.25, -0.2) is 0 Å². The van der Waals surface area contributed by atoms with Crippen molar-refractivity contribution < 1.29 is 9.59 Å². The molecule has 0 fully saturated rings. The number of allylic oxidation sites excluding steroid dienone is 1. The maximum atomic E-state index is 12.5. The van der Waals surface area contributed by atoms with E-state index in [0.717, 1.165) is 23.7 Å². The average Bonchev–Trinajstić information content (AvgIpc) is 2.55. The molecule has 2 N–H and O–H groups in total. The number of hydrogen-bond acceptors (Lipinski definition) is 2. The van der Waals surface area contributed by atoms with Crippen LogP contribution in [0, 0.1) is 5.41 Å². The van der Waals surface area contributed by atoms with Crippen molar-refractivity contribution in [3.8, 4) is 0 Å². The Bertz CT molecular complexity index is 638. The molecule has 5 heteroatoms. The minimum atomic E-state index is -1.12. The quantitative estimate of drug-likeness (QED) is 0.555. The molecule has 1 aliphatic rings. The highest BCUT2D eigenvalue weighted by atomic mass is 79.9. The van der Waals surface area contributed by atoms with E-state index in [0.29, 0.717) is 12.2 Å². The molecule has 0 saturated carbocycles. The van der Waals surface area contributed by atoms with Gasteiger partial charge in [-0.15, -0.1) is 0 Å². The zero-order valence-corrected chi connectivity index (χ0v) is 15.9. The molecule has 0 unspecified atom stereocenters. The molecular weight excluding hydrogens is 368 g/mol. The summed E-state index contributed by atoms with van der Waals surface area (Å²) in [5.74, 6) is -0.554. The molecule has 1 aromatic rings. The summed E-state index contributed by atoms with van der Waals surface area (Å²) in [6, 6.07) is 7.33. The molecule has 4 nitrogen and oxygen atoms in total. The van der Waals surface area contributed by atoms with E-state index in [2.05, 4.69) is 32.6 Å². The van der Waals surface area contributed by atoms with Crippen LogP contribution in [0.4, 0.5) is 5.69 Å². The Balaban J connectivity index is 1.86.